The van der Waals surface area contributed by atoms with Crippen LogP contribution in [0.25, 0.3) is 10.9 Å². The van der Waals surface area contributed by atoms with E-state index in [-0.39, 0.29) is 53.9 Å². The van der Waals surface area contributed by atoms with Crippen LogP contribution in [0.5, 0.6) is 11.5 Å². The Hall–Kier alpha value is -6.80. The van der Waals surface area contributed by atoms with Gasteiger partial charge in [-0.25, -0.2) is 4.98 Å². The van der Waals surface area contributed by atoms with Gasteiger partial charge in [0.15, 0.2) is 18.2 Å². The van der Waals surface area contributed by atoms with Crippen LogP contribution in [0.4, 0.5) is 23.1 Å². The molecule has 7 aliphatic heterocycles. The van der Waals surface area contributed by atoms with Crippen molar-refractivity contribution in [3.05, 3.63) is 69.1 Å². The number of carbonyl (C=O) groups is 6. The van der Waals surface area contributed by atoms with E-state index in [9.17, 15) is 33.6 Å². The van der Waals surface area contributed by atoms with E-state index in [1.54, 1.807) is 49.1 Å². The fraction of sp³-hybridized carbons (Fsp3) is 0.519. The summed E-state index contributed by atoms with van der Waals surface area (Å²) in [7, 11) is 3.25. The Morgan fingerprint density at radius 3 is 2.38 bits per heavy atom. The number of pyridine rings is 1. The highest BCUT2D eigenvalue weighted by Crippen LogP contribution is 2.43. The number of ether oxygens (including phenoxy) is 2. The Labute approximate surface area is 426 Å². The first-order valence-corrected chi connectivity index (χ1v) is 25.9. The Bertz CT molecular complexity index is 2980. The van der Waals surface area contributed by atoms with Crippen LogP contribution in [0.3, 0.4) is 0 Å². The molecule has 1 spiro atoms. The molecule has 4 aromatic rings. The maximum Gasteiger partial charge on any atom is 0.293 e. The lowest BCUT2D eigenvalue weighted by molar-refractivity contribution is -0.138. The lowest BCUT2D eigenvalue weighted by atomic mass is 9.77. The highest BCUT2D eigenvalue weighted by Gasteiger charge is 2.46. The smallest absolute Gasteiger partial charge is 0.293 e. The molecular weight excluding hydrogens is 958 g/mol. The number of halogens is 1. The van der Waals surface area contributed by atoms with E-state index in [1.807, 2.05) is 12.1 Å². The predicted octanol–water partition coefficient (Wildman–Crippen LogP) is 3.90. The van der Waals surface area contributed by atoms with Gasteiger partial charge in [-0.15, -0.1) is 0 Å². The van der Waals surface area contributed by atoms with Crippen LogP contribution in [-0.4, -0.2) is 162 Å². The zero-order valence-corrected chi connectivity index (χ0v) is 42.0. The van der Waals surface area contributed by atoms with Crippen LogP contribution in [0.15, 0.2) is 47.4 Å². The van der Waals surface area contributed by atoms with E-state index >= 15 is 0 Å². The van der Waals surface area contributed by atoms with E-state index in [0.29, 0.717) is 95.3 Å². The summed E-state index contributed by atoms with van der Waals surface area (Å²) in [5, 5.41) is 6.59. The molecule has 9 heterocycles. The number of likely N-dealkylation sites (tertiary alicyclic amines) is 2. The van der Waals surface area contributed by atoms with Gasteiger partial charge in [-0.2, -0.15) is 4.98 Å². The maximum atomic E-state index is 13.9. The largest absolute Gasteiger partial charge is 0.489 e. The summed E-state index contributed by atoms with van der Waals surface area (Å²) < 4.78 is 13.3. The zero-order valence-electron chi connectivity index (χ0n) is 41.2. The van der Waals surface area contributed by atoms with Crippen molar-refractivity contribution in [3.63, 3.8) is 0 Å². The van der Waals surface area contributed by atoms with Crippen molar-refractivity contribution in [2.45, 2.75) is 70.4 Å². The number of carbonyl (C=O) groups excluding carboxylic acids is 6. The number of fused-ring (bicyclic) bond motifs is 1. The van der Waals surface area contributed by atoms with E-state index in [4.69, 9.17) is 26.1 Å². The Morgan fingerprint density at radius 2 is 1.63 bits per heavy atom. The minimum atomic E-state index is -0.981. The van der Waals surface area contributed by atoms with Gasteiger partial charge in [-0.05, 0) is 106 Å². The van der Waals surface area contributed by atoms with Gasteiger partial charge in [0, 0.05) is 95.1 Å². The second-order valence-electron chi connectivity index (χ2n) is 21.0. The van der Waals surface area contributed by atoms with Gasteiger partial charge in [0.2, 0.25) is 23.7 Å². The van der Waals surface area contributed by atoms with Crippen molar-refractivity contribution in [3.8, 4) is 11.5 Å². The average Bonchev–Trinajstić information content (AvgIpc) is 3.92. The SMILES string of the molecule is CN(C)C(=O)COc1cc2cc(Nc3nc(N4CCC(C(=O)N5CCC(CN6CCC7(CC6)CCN(c6ccc8c(c6)C(=O)N(C6CCC(=O)NC6=O)C8=O)C7)CC5)CC4)ncc3Cl)cc3c2n(c1=O)CCO3. The number of aromatic nitrogens is 3. The van der Waals surface area contributed by atoms with E-state index < -0.39 is 29.7 Å². The fourth-order valence-corrected chi connectivity index (χ4v) is 12.1. The molecule has 1 unspecified atom stereocenters. The molecule has 384 valence electrons. The van der Waals surface area contributed by atoms with Crippen LogP contribution < -0.4 is 35.5 Å². The first-order chi connectivity index (χ1) is 35.2. The number of anilines is 4. The third-order valence-corrected chi connectivity index (χ3v) is 16.5. The van der Waals surface area contributed by atoms with Gasteiger partial charge in [0.05, 0.1) is 29.4 Å². The third kappa shape index (κ3) is 9.43. The van der Waals surface area contributed by atoms with Crippen molar-refractivity contribution in [1.29, 1.82) is 0 Å². The molecule has 7 aliphatic rings. The lowest BCUT2D eigenvalue weighted by Gasteiger charge is -2.42. The number of hydrogen-bond acceptors (Lipinski definition) is 15. The zero-order chi connectivity index (χ0) is 50.7. The predicted molar refractivity (Wildman–Crippen MR) is 271 cm³/mol. The minimum Gasteiger partial charge on any atom is -0.489 e. The molecule has 0 aliphatic carbocycles. The van der Waals surface area contributed by atoms with Crippen molar-refractivity contribution in [1.82, 2.24) is 39.5 Å². The Balaban J connectivity index is 0.638. The topological polar surface area (TPSA) is 212 Å². The first-order valence-electron chi connectivity index (χ1n) is 25.5. The molecule has 5 fully saturated rings. The molecule has 6 amide bonds. The number of amides is 6. The molecule has 0 bridgehead atoms. The number of hydrogen-bond donors (Lipinski definition) is 2. The minimum absolute atomic E-state index is 0.0591. The number of nitrogens with zero attached hydrogens (tertiary/aromatic N) is 9. The van der Waals surface area contributed by atoms with E-state index in [2.05, 4.69) is 35.2 Å². The molecule has 0 saturated carbocycles. The Kier molecular flexibility index (Phi) is 13.0. The lowest BCUT2D eigenvalue weighted by Crippen LogP contribution is -2.54. The molecular formula is C52H60ClN11O9. The van der Waals surface area contributed by atoms with Crippen molar-refractivity contribution in [2.75, 3.05) is 101 Å². The second kappa shape index (κ2) is 19.6. The second-order valence-corrected chi connectivity index (χ2v) is 21.4. The standard InChI is InChI=1S/C52H60ClN11O9/c1-58(2)43(66)29-73-41-24-33-23-34(25-40-44(33)63(50(41)71)21-22-72-40)55-45-38(53)27-54-51(57-45)61-16-9-32(10-17-61)47(68)60-14-7-31(8-15-60)28-59-18-11-52(12-19-59)13-20-62(30-52)35-3-4-36-37(26-35)49(70)64(48(36)69)39-5-6-42(65)56-46(39)67/h3-4,23-27,31-32,39H,5-22,28-30H2,1-2H3,(H,54,55,57)(H,56,65,67). The number of likely N-dealkylation sites (N-methyl/N-ethyl adjacent to an activating group) is 1. The van der Waals surface area contributed by atoms with Crippen LogP contribution in [0, 0.1) is 17.3 Å². The number of imide groups is 2. The van der Waals surface area contributed by atoms with Crippen LogP contribution >= 0.6 is 11.6 Å². The highest BCUT2D eigenvalue weighted by molar-refractivity contribution is 6.33. The van der Waals surface area contributed by atoms with Crippen molar-refractivity contribution < 1.29 is 38.2 Å². The highest BCUT2D eigenvalue weighted by atomic mass is 35.5. The molecule has 5 saturated heterocycles. The quantitative estimate of drug-likeness (QED) is 0.204. The summed E-state index contributed by atoms with van der Waals surface area (Å²) in [6.07, 6.45) is 8.42. The fourth-order valence-electron chi connectivity index (χ4n) is 11.9. The summed E-state index contributed by atoms with van der Waals surface area (Å²) in [6, 6.07) is 9.71. The van der Waals surface area contributed by atoms with E-state index in [1.165, 1.54) is 4.90 Å². The maximum absolute atomic E-state index is 13.9. The Morgan fingerprint density at radius 1 is 0.877 bits per heavy atom. The van der Waals surface area contributed by atoms with Gasteiger partial charge in [-0.1, -0.05) is 11.6 Å². The molecule has 1 atom stereocenters. The summed E-state index contributed by atoms with van der Waals surface area (Å²) in [5.41, 5.74) is 2.65. The summed E-state index contributed by atoms with van der Waals surface area (Å²) in [4.78, 5) is 111. The third-order valence-electron chi connectivity index (χ3n) is 16.2. The van der Waals surface area contributed by atoms with Crippen molar-refractivity contribution >= 4 is 81.1 Å². The van der Waals surface area contributed by atoms with Gasteiger partial charge < -0.3 is 39.3 Å². The van der Waals surface area contributed by atoms with Gasteiger partial charge >= 0.3 is 0 Å². The molecule has 21 heteroatoms. The number of rotatable bonds is 11. The van der Waals surface area contributed by atoms with Crippen LogP contribution in [0.1, 0.15) is 78.5 Å². The van der Waals surface area contributed by atoms with Crippen LogP contribution in [0.2, 0.25) is 5.02 Å². The first kappa shape index (κ1) is 48.5. The number of piperidine rings is 4. The average molecular weight is 1020 g/mol. The molecule has 2 aromatic carbocycles. The molecule has 11 rings (SSSR count). The summed E-state index contributed by atoms with van der Waals surface area (Å²) >= 11 is 6.64. The van der Waals surface area contributed by atoms with Gasteiger partial charge in [-0.3, -0.25) is 48.3 Å². The monoisotopic (exact) mass is 1020 g/mol. The molecule has 73 heavy (non-hydrogen) atoms. The summed E-state index contributed by atoms with van der Waals surface area (Å²) in [6.45, 7) is 8.04. The van der Waals surface area contributed by atoms with Crippen LogP contribution in [-0.2, 0) is 25.7 Å². The molecule has 2 aromatic heterocycles. The number of nitrogens with one attached hydrogen (secondary N) is 2. The van der Waals surface area contributed by atoms with Gasteiger partial charge in [0.1, 0.15) is 23.4 Å². The molecule has 2 N–H and O–H groups in total. The number of benzene rings is 2. The molecule has 0 radical (unpaired) electrons. The van der Waals surface area contributed by atoms with Gasteiger partial charge in [0.25, 0.3) is 23.3 Å². The normalized spacial score (nSPS) is 21.4. The van der Waals surface area contributed by atoms with Crippen molar-refractivity contribution in [2.24, 2.45) is 17.3 Å². The van der Waals surface area contributed by atoms with E-state index in [0.717, 1.165) is 88.5 Å². The summed E-state index contributed by atoms with van der Waals surface area (Å²) in [5.74, 6) is -0.000850. The molecule has 20 nitrogen and oxygen atoms in total.